The molecule has 132 valence electrons. The van der Waals surface area contributed by atoms with Gasteiger partial charge in [0.1, 0.15) is 12.0 Å². The van der Waals surface area contributed by atoms with Crippen LogP contribution in [0.3, 0.4) is 0 Å². The number of likely N-dealkylation sites (tertiary alicyclic amines) is 1. The minimum absolute atomic E-state index is 0.0251. The number of piperidine rings is 1. The molecule has 0 unspecified atom stereocenters. The summed E-state index contributed by atoms with van der Waals surface area (Å²) in [5.41, 5.74) is 1.34. The summed E-state index contributed by atoms with van der Waals surface area (Å²) >= 11 is 0. The van der Waals surface area contributed by atoms with Crippen LogP contribution >= 0.6 is 0 Å². The number of phenols is 1. The van der Waals surface area contributed by atoms with Crippen molar-refractivity contribution in [1.82, 2.24) is 10.2 Å². The Hall–Kier alpha value is -2.76. The Kier molecular flexibility index (Phi) is 5.38. The number of aryl methyl sites for hydroxylation is 1. The largest absolute Gasteiger partial charge is 0.508 e. The summed E-state index contributed by atoms with van der Waals surface area (Å²) in [5.74, 6) is 0.169. The molecule has 1 aliphatic heterocycles. The molecular weight excluding hydrogens is 320 g/mol. The average molecular weight is 342 g/mol. The number of nitrogens with one attached hydrogen (secondary N) is 1. The standard InChI is InChI=1S/C19H22N2O4/c22-17-4-2-1-3-14(17)5-6-18(23)20-16-7-10-21(11-8-16)19(24)15-9-12-25-13-15/h1-4,9,12-13,16,22H,5-8,10-11H2,(H,20,23). The number of nitrogens with zero attached hydrogens (tertiary/aromatic N) is 1. The van der Waals surface area contributed by atoms with E-state index >= 15 is 0 Å². The maximum Gasteiger partial charge on any atom is 0.257 e. The Morgan fingerprint density at radius 1 is 1.20 bits per heavy atom. The summed E-state index contributed by atoms with van der Waals surface area (Å²) < 4.78 is 4.95. The number of benzene rings is 1. The molecule has 0 radical (unpaired) electrons. The van der Waals surface area contributed by atoms with Crippen molar-refractivity contribution in [1.29, 1.82) is 0 Å². The second kappa shape index (κ2) is 7.88. The van der Waals surface area contributed by atoms with Crippen LogP contribution in [-0.2, 0) is 11.2 Å². The van der Waals surface area contributed by atoms with Crippen LogP contribution in [0, 0.1) is 0 Å². The van der Waals surface area contributed by atoms with E-state index in [2.05, 4.69) is 5.32 Å². The molecular formula is C19H22N2O4. The maximum absolute atomic E-state index is 12.2. The highest BCUT2D eigenvalue weighted by molar-refractivity contribution is 5.93. The first-order valence-electron chi connectivity index (χ1n) is 8.51. The van der Waals surface area contributed by atoms with Crippen LogP contribution in [0.25, 0.3) is 0 Å². The number of aromatic hydroxyl groups is 1. The molecule has 0 saturated carbocycles. The second-order valence-electron chi connectivity index (χ2n) is 6.27. The van der Waals surface area contributed by atoms with E-state index in [-0.39, 0.29) is 23.6 Å². The minimum atomic E-state index is -0.0296. The van der Waals surface area contributed by atoms with E-state index in [1.165, 1.54) is 12.5 Å². The normalized spacial score (nSPS) is 15.1. The van der Waals surface area contributed by atoms with E-state index in [1.807, 2.05) is 12.1 Å². The van der Waals surface area contributed by atoms with Gasteiger partial charge in [-0.15, -0.1) is 0 Å². The first kappa shape index (κ1) is 17.1. The van der Waals surface area contributed by atoms with Gasteiger partial charge in [0.2, 0.25) is 5.91 Å². The van der Waals surface area contributed by atoms with Crippen molar-refractivity contribution in [2.75, 3.05) is 13.1 Å². The Morgan fingerprint density at radius 3 is 2.64 bits per heavy atom. The van der Waals surface area contributed by atoms with Crippen molar-refractivity contribution < 1.29 is 19.1 Å². The zero-order valence-corrected chi connectivity index (χ0v) is 14.0. The van der Waals surface area contributed by atoms with E-state index < -0.39 is 0 Å². The van der Waals surface area contributed by atoms with Crippen molar-refractivity contribution >= 4 is 11.8 Å². The van der Waals surface area contributed by atoms with Gasteiger partial charge in [-0.2, -0.15) is 0 Å². The number of rotatable bonds is 5. The van der Waals surface area contributed by atoms with Crippen LogP contribution in [0.2, 0.25) is 0 Å². The van der Waals surface area contributed by atoms with Gasteiger partial charge in [0.05, 0.1) is 11.8 Å². The first-order valence-corrected chi connectivity index (χ1v) is 8.51. The molecule has 0 atom stereocenters. The molecule has 1 aromatic carbocycles. The molecule has 3 rings (SSSR count). The quantitative estimate of drug-likeness (QED) is 0.874. The number of hydrogen-bond donors (Lipinski definition) is 2. The molecule has 2 aromatic rings. The molecule has 1 aromatic heterocycles. The number of furan rings is 1. The number of hydrogen-bond acceptors (Lipinski definition) is 4. The first-order chi connectivity index (χ1) is 12.1. The zero-order chi connectivity index (χ0) is 17.6. The van der Waals surface area contributed by atoms with Gasteiger partial charge in [0, 0.05) is 25.6 Å². The SMILES string of the molecule is O=C(CCc1ccccc1O)NC1CCN(C(=O)c2ccoc2)CC1. The van der Waals surface area contributed by atoms with E-state index in [0.29, 0.717) is 31.5 Å². The topological polar surface area (TPSA) is 82.8 Å². The van der Waals surface area contributed by atoms with Gasteiger partial charge in [-0.3, -0.25) is 9.59 Å². The van der Waals surface area contributed by atoms with Crippen molar-refractivity contribution in [3.05, 3.63) is 54.0 Å². The molecule has 6 nitrogen and oxygen atoms in total. The highest BCUT2D eigenvalue weighted by atomic mass is 16.3. The molecule has 2 amide bonds. The number of phenolic OH excluding ortho intramolecular Hbond substituents is 1. The Labute approximate surface area is 146 Å². The highest BCUT2D eigenvalue weighted by Crippen LogP contribution is 2.18. The van der Waals surface area contributed by atoms with Crippen LogP contribution in [-0.4, -0.2) is 41.0 Å². The highest BCUT2D eigenvalue weighted by Gasteiger charge is 2.25. The predicted octanol–water partition coefficient (Wildman–Crippen LogP) is 2.34. The number of carbonyl (C=O) groups excluding carboxylic acids is 2. The monoisotopic (exact) mass is 342 g/mol. The number of amides is 2. The van der Waals surface area contributed by atoms with Gasteiger partial charge < -0.3 is 19.7 Å². The fourth-order valence-corrected chi connectivity index (χ4v) is 3.07. The number of carbonyl (C=O) groups is 2. The van der Waals surface area contributed by atoms with Crippen molar-refractivity contribution in [3.8, 4) is 5.75 Å². The molecule has 0 bridgehead atoms. The molecule has 1 saturated heterocycles. The molecule has 1 aliphatic rings. The van der Waals surface area contributed by atoms with Gasteiger partial charge in [-0.1, -0.05) is 18.2 Å². The maximum atomic E-state index is 12.2. The van der Waals surface area contributed by atoms with Gasteiger partial charge in [-0.05, 0) is 37.0 Å². The van der Waals surface area contributed by atoms with Crippen molar-refractivity contribution in [2.45, 2.75) is 31.7 Å². The van der Waals surface area contributed by atoms with Crippen molar-refractivity contribution in [3.63, 3.8) is 0 Å². The minimum Gasteiger partial charge on any atom is -0.508 e. The second-order valence-corrected chi connectivity index (χ2v) is 6.27. The molecule has 25 heavy (non-hydrogen) atoms. The van der Waals surface area contributed by atoms with E-state index in [1.54, 1.807) is 23.1 Å². The molecule has 0 spiro atoms. The van der Waals surface area contributed by atoms with E-state index in [4.69, 9.17) is 4.42 Å². The van der Waals surface area contributed by atoms with Crippen LogP contribution in [0.5, 0.6) is 5.75 Å². The molecule has 2 N–H and O–H groups in total. The van der Waals surface area contributed by atoms with Crippen LogP contribution in [0.15, 0.2) is 47.3 Å². The third-order valence-corrected chi connectivity index (χ3v) is 4.53. The summed E-state index contributed by atoms with van der Waals surface area (Å²) in [6, 6.07) is 8.81. The lowest BCUT2D eigenvalue weighted by molar-refractivity contribution is -0.122. The van der Waals surface area contributed by atoms with E-state index in [0.717, 1.165) is 18.4 Å². The molecule has 6 heteroatoms. The van der Waals surface area contributed by atoms with Crippen LogP contribution in [0.1, 0.15) is 35.2 Å². The zero-order valence-electron chi connectivity index (χ0n) is 14.0. The van der Waals surface area contributed by atoms with Gasteiger partial charge in [0.15, 0.2) is 0 Å². The summed E-state index contributed by atoms with van der Waals surface area (Å²) in [5, 5.41) is 12.8. The lowest BCUT2D eigenvalue weighted by Gasteiger charge is -2.32. The molecule has 2 heterocycles. The summed E-state index contributed by atoms with van der Waals surface area (Å²) in [6.45, 7) is 1.24. The van der Waals surface area contributed by atoms with Gasteiger partial charge >= 0.3 is 0 Å². The third-order valence-electron chi connectivity index (χ3n) is 4.53. The Morgan fingerprint density at radius 2 is 1.96 bits per heavy atom. The Bertz CT molecular complexity index is 719. The molecule has 1 fully saturated rings. The summed E-state index contributed by atoms with van der Waals surface area (Å²) in [7, 11) is 0. The Balaban J connectivity index is 1.42. The lowest BCUT2D eigenvalue weighted by atomic mass is 10.0. The van der Waals surface area contributed by atoms with Crippen LogP contribution < -0.4 is 5.32 Å². The fraction of sp³-hybridized carbons (Fsp3) is 0.368. The smallest absolute Gasteiger partial charge is 0.257 e. The third kappa shape index (κ3) is 4.41. The fourth-order valence-electron chi connectivity index (χ4n) is 3.07. The lowest BCUT2D eigenvalue weighted by Crippen LogP contribution is -2.46. The van der Waals surface area contributed by atoms with Crippen molar-refractivity contribution in [2.24, 2.45) is 0 Å². The van der Waals surface area contributed by atoms with E-state index in [9.17, 15) is 14.7 Å². The summed E-state index contributed by atoms with van der Waals surface area (Å²) in [4.78, 5) is 26.1. The average Bonchev–Trinajstić information content (AvgIpc) is 3.16. The van der Waals surface area contributed by atoms with Gasteiger partial charge in [0.25, 0.3) is 5.91 Å². The van der Waals surface area contributed by atoms with Gasteiger partial charge in [-0.25, -0.2) is 0 Å². The van der Waals surface area contributed by atoms with Crippen LogP contribution in [0.4, 0.5) is 0 Å². The molecule has 0 aliphatic carbocycles. The number of para-hydroxylation sites is 1. The predicted molar refractivity (Wildman–Crippen MR) is 92.2 cm³/mol. The summed E-state index contributed by atoms with van der Waals surface area (Å²) in [6.07, 6.45) is 5.28.